The summed E-state index contributed by atoms with van der Waals surface area (Å²) in [6.45, 7) is 10.8. The van der Waals surface area contributed by atoms with Crippen molar-refractivity contribution in [3.63, 3.8) is 0 Å². The Balaban J connectivity index is 1.63. The number of ether oxygens (including phenoxy) is 1. The van der Waals surface area contributed by atoms with Crippen LogP contribution >= 0.6 is 0 Å². The number of hydrogen-bond acceptors (Lipinski definition) is 4. The molecular weight excluding hydrogens is 278 g/mol. The van der Waals surface area contributed by atoms with E-state index >= 15 is 0 Å². The first-order valence-electron chi connectivity index (χ1n) is 7.98. The third-order valence-electron chi connectivity index (χ3n) is 4.14. The van der Waals surface area contributed by atoms with Crippen LogP contribution in [0.5, 0.6) is 0 Å². The molecule has 0 radical (unpaired) electrons. The number of fused-ring (bicyclic) bond motifs is 1. The van der Waals surface area contributed by atoms with Crippen molar-refractivity contribution in [1.29, 1.82) is 0 Å². The van der Waals surface area contributed by atoms with Crippen molar-refractivity contribution in [1.82, 2.24) is 10.2 Å². The van der Waals surface area contributed by atoms with Crippen molar-refractivity contribution in [2.75, 3.05) is 31.1 Å². The molecule has 2 aliphatic rings. The second kappa shape index (κ2) is 5.80. The molecule has 0 aliphatic carbocycles. The lowest BCUT2D eigenvalue weighted by Gasteiger charge is -2.37. The maximum atomic E-state index is 12.1. The number of nitrogens with one attached hydrogen (secondary N) is 1. The summed E-state index contributed by atoms with van der Waals surface area (Å²) in [5.41, 5.74) is 3.69. The van der Waals surface area contributed by atoms with Gasteiger partial charge in [0.1, 0.15) is 5.60 Å². The van der Waals surface area contributed by atoms with Crippen LogP contribution in [0.25, 0.3) is 0 Å². The Morgan fingerprint density at radius 2 is 1.86 bits per heavy atom. The zero-order valence-corrected chi connectivity index (χ0v) is 13.7. The van der Waals surface area contributed by atoms with Crippen LogP contribution in [-0.2, 0) is 17.8 Å². The number of nitrogens with zero attached hydrogens (tertiary/aromatic N) is 2. The van der Waals surface area contributed by atoms with Gasteiger partial charge >= 0.3 is 6.09 Å². The number of anilines is 1. The lowest BCUT2D eigenvalue weighted by molar-refractivity contribution is 0.0240. The zero-order valence-electron chi connectivity index (χ0n) is 13.7. The van der Waals surface area contributed by atoms with Crippen molar-refractivity contribution >= 4 is 11.8 Å². The Kier molecular flexibility index (Phi) is 4.00. The SMILES string of the molecule is CC(C)(C)OC(=O)N1CCN(c2cccc3c2CNC3)CC1. The first kappa shape index (κ1) is 15.2. The molecule has 3 rings (SSSR count). The summed E-state index contributed by atoms with van der Waals surface area (Å²) in [5.74, 6) is 0. The Hall–Kier alpha value is -1.75. The molecule has 5 nitrogen and oxygen atoms in total. The molecule has 0 bridgehead atoms. The molecule has 2 aliphatic heterocycles. The van der Waals surface area contributed by atoms with Crippen LogP contribution in [0.3, 0.4) is 0 Å². The van der Waals surface area contributed by atoms with E-state index in [-0.39, 0.29) is 6.09 Å². The van der Waals surface area contributed by atoms with E-state index in [1.807, 2.05) is 25.7 Å². The average molecular weight is 303 g/mol. The number of hydrogen-bond donors (Lipinski definition) is 1. The largest absolute Gasteiger partial charge is 0.444 e. The predicted molar refractivity (Wildman–Crippen MR) is 87.0 cm³/mol. The van der Waals surface area contributed by atoms with E-state index in [0.717, 1.165) is 26.2 Å². The standard InChI is InChI=1S/C17H25N3O2/c1-17(2,3)22-16(21)20-9-7-19(8-10-20)15-6-4-5-13-11-18-12-14(13)15/h4-6,18H,7-12H2,1-3H3. The molecule has 5 heteroatoms. The Morgan fingerprint density at radius 1 is 1.14 bits per heavy atom. The van der Waals surface area contributed by atoms with Gasteiger partial charge in [0.05, 0.1) is 0 Å². The molecule has 22 heavy (non-hydrogen) atoms. The molecule has 1 fully saturated rings. The van der Waals surface area contributed by atoms with Gasteiger partial charge in [-0.3, -0.25) is 0 Å². The van der Waals surface area contributed by atoms with E-state index in [2.05, 4.69) is 28.4 Å². The van der Waals surface area contributed by atoms with Gasteiger partial charge in [0.25, 0.3) is 0 Å². The Morgan fingerprint density at radius 3 is 2.55 bits per heavy atom. The molecule has 0 aromatic heterocycles. The van der Waals surface area contributed by atoms with Gasteiger partial charge < -0.3 is 19.9 Å². The van der Waals surface area contributed by atoms with Gasteiger partial charge in [0.15, 0.2) is 0 Å². The maximum Gasteiger partial charge on any atom is 0.410 e. The quantitative estimate of drug-likeness (QED) is 0.865. The van der Waals surface area contributed by atoms with Crippen LogP contribution in [0.1, 0.15) is 31.9 Å². The lowest BCUT2D eigenvalue weighted by atomic mass is 10.1. The van der Waals surface area contributed by atoms with Crippen molar-refractivity contribution in [3.05, 3.63) is 29.3 Å². The summed E-state index contributed by atoms with van der Waals surface area (Å²) < 4.78 is 5.45. The van der Waals surface area contributed by atoms with Gasteiger partial charge in [-0.1, -0.05) is 12.1 Å². The highest BCUT2D eigenvalue weighted by Gasteiger charge is 2.27. The fraction of sp³-hybridized carbons (Fsp3) is 0.588. The van der Waals surface area contributed by atoms with Gasteiger partial charge in [-0.05, 0) is 38.0 Å². The summed E-state index contributed by atoms with van der Waals surface area (Å²) in [7, 11) is 0. The summed E-state index contributed by atoms with van der Waals surface area (Å²) in [5, 5.41) is 3.41. The monoisotopic (exact) mass is 303 g/mol. The number of benzene rings is 1. The van der Waals surface area contributed by atoms with E-state index in [1.165, 1.54) is 16.8 Å². The van der Waals surface area contributed by atoms with E-state index in [1.54, 1.807) is 0 Å². The second-order valence-corrected chi connectivity index (χ2v) is 6.97. The van der Waals surface area contributed by atoms with Crippen LogP contribution in [0, 0.1) is 0 Å². The first-order chi connectivity index (χ1) is 10.4. The van der Waals surface area contributed by atoms with Crippen LogP contribution in [0.4, 0.5) is 10.5 Å². The molecule has 2 heterocycles. The summed E-state index contributed by atoms with van der Waals surface area (Å²) in [4.78, 5) is 16.3. The normalized spacial score (nSPS) is 18.3. The predicted octanol–water partition coefficient (Wildman–Crippen LogP) is 2.35. The molecule has 1 aromatic rings. The molecule has 1 amide bonds. The van der Waals surface area contributed by atoms with E-state index in [0.29, 0.717) is 13.1 Å². The number of carbonyl (C=O) groups excluding carboxylic acids is 1. The Bertz CT molecular complexity index is 558. The summed E-state index contributed by atoms with van der Waals surface area (Å²) in [6.07, 6.45) is -0.202. The third kappa shape index (κ3) is 3.19. The molecule has 1 aromatic carbocycles. The summed E-state index contributed by atoms with van der Waals surface area (Å²) >= 11 is 0. The van der Waals surface area contributed by atoms with Crippen LogP contribution in [0.2, 0.25) is 0 Å². The van der Waals surface area contributed by atoms with Crippen LogP contribution in [-0.4, -0.2) is 42.8 Å². The molecule has 120 valence electrons. The van der Waals surface area contributed by atoms with Crippen LogP contribution in [0.15, 0.2) is 18.2 Å². The minimum atomic E-state index is -0.430. The van der Waals surface area contributed by atoms with Gasteiger partial charge in [0, 0.05) is 45.0 Å². The minimum Gasteiger partial charge on any atom is -0.444 e. The van der Waals surface area contributed by atoms with Gasteiger partial charge in [0.2, 0.25) is 0 Å². The van der Waals surface area contributed by atoms with E-state index in [9.17, 15) is 4.79 Å². The van der Waals surface area contributed by atoms with E-state index < -0.39 is 5.60 Å². The van der Waals surface area contributed by atoms with Crippen LogP contribution < -0.4 is 10.2 Å². The third-order valence-corrected chi connectivity index (χ3v) is 4.14. The molecule has 1 N–H and O–H groups in total. The highest BCUT2D eigenvalue weighted by atomic mass is 16.6. The summed E-state index contributed by atoms with van der Waals surface area (Å²) in [6, 6.07) is 6.51. The molecule has 0 saturated carbocycles. The number of carbonyl (C=O) groups is 1. The second-order valence-electron chi connectivity index (χ2n) is 6.97. The number of piperazine rings is 1. The first-order valence-corrected chi connectivity index (χ1v) is 7.98. The molecule has 0 atom stereocenters. The highest BCUT2D eigenvalue weighted by molar-refractivity contribution is 5.69. The van der Waals surface area contributed by atoms with Crippen molar-refractivity contribution in [3.8, 4) is 0 Å². The van der Waals surface area contributed by atoms with Crippen molar-refractivity contribution < 1.29 is 9.53 Å². The fourth-order valence-corrected chi connectivity index (χ4v) is 3.07. The molecule has 1 saturated heterocycles. The van der Waals surface area contributed by atoms with Gasteiger partial charge in [-0.15, -0.1) is 0 Å². The van der Waals surface area contributed by atoms with Gasteiger partial charge in [-0.25, -0.2) is 4.79 Å². The van der Waals surface area contributed by atoms with E-state index in [4.69, 9.17) is 4.74 Å². The topological polar surface area (TPSA) is 44.8 Å². The Labute approximate surface area is 132 Å². The smallest absolute Gasteiger partial charge is 0.410 e. The molecular formula is C17H25N3O2. The van der Waals surface area contributed by atoms with Crippen molar-refractivity contribution in [2.24, 2.45) is 0 Å². The zero-order chi connectivity index (χ0) is 15.7. The number of rotatable bonds is 1. The molecule has 0 spiro atoms. The highest BCUT2D eigenvalue weighted by Crippen LogP contribution is 2.28. The average Bonchev–Trinajstić information content (AvgIpc) is 2.94. The minimum absolute atomic E-state index is 0.202. The van der Waals surface area contributed by atoms with Crippen molar-refractivity contribution in [2.45, 2.75) is 39.5 Å². The van der Waals surface area contributed by atoms with Gasteiger partial charge in [-0.2, -0.15) is 0 Å². The number of amides is 1. The fourth-order valence-electron chi connectivity index (χ4n) is 3.07. The lowest BCUT2D eigenvalue weighted by Crippen LogP contribution is -2.50. The molecule has 0 unspecified atom stereocenters. The maximum absolute atomic E-state index is 12.1.